The predicted molar refractivity (Wildman–Crippen MR) is 66.8 cm³/mol. The quantitative estimate of drug-likeness (QED) is 0.852. The molecule has 0 aliphatic heterocycles. The molecule has 0 spiro atoms. The Morgan fingerprint density at radius 1 is 1.41 bits per heavy atom. The number of nitrogens with zero attached hydrogens (tertiary/aromatic N) is 2. The summed E-state index contributed by atoms with van der Waals surface area (Å²) in [6.07, 6.45) is 3.56. The van der Waals surface area contributed by atoms with Crippen LogP contribution >= 0.6 is 0 Å². The van der Waals surface area contributed by atoms with Crippen LogP contribution in [0, 0.1) is 6.92 Å². The number of hydrogen-bond acceptors (Lipinski definition) is 3. The maximum Gasteiger partial charge on any atom is 0.119 e. The summed E-state index contributed by atoms with van der Waals surface area (Å²) >= 11 is 0. The molecule has 1 heterocycles. The van der Waals surface area contributed by atoms with Crippen LogP contribution in [0.3, 0.4) is 0 Å². The zero-order valence-electron chi connectivity index (χ0n) is 9.97. The van der Waals surface area contributed by atoms with E-state index >= 15 is 0 Å². The van der Waals surface area contributed by atoms with Gasteiger partial charge in [-0.3, -0.25) is 0 Å². The number of rotatable bonds is 5. The van der Waals surface area contributed by atoms with Crippen molar-refractivity contribution in [1.29, 1.82) is 0 Å². The lowest BCUT2D eigenvalue weighted by atomic mass is 10.2. The van der Waals surface area contributed by atoms with Gasteiger partial charge in [0.1, 0.15) is 12.4 Å². The summed E-state index contributed by atoms with van der Waals surface area (Å²) < 4.78 is 7.68. The number of aryl methyl sites for hydroxylation is 1. The van der Waals surface area contributed by atoms with Gasteiger partial charge < -0.3 is 15.0 Å². The van der Waals surface area contributed by atoms with Crippen LogP contribution in [-0.2, 0) is 13.1 Å². The Bertz CT molecular complexity index is 479. The van der Waals surface area contributed by atoms with E-state index in [4.69, 9.17) is 10.5 Å². The van der Waals surface area contributed by atoms with E-state index in [0.717, 1.165) is 18.0 Å². The van der Waals surface area contributed by atoms with Gasteiger partial charge >= 0.3 is 0 Å². The van der Waals surface area contributed by atoms with E-state index in [1.807, 2.05) is 22.8 Å². The number of benzene rings is 1. The Labute approximate surface area is 101 Å². The van der Waals surface area contributed by atoms with Crippen molar-refractivity contribution < 1.29 is 4.74 Å². The van der Waals surface area contributed by atoms with Gasteiger partial charge in [-0.1, -0.05) is 12.1 Å². The van der Waals surface area contributed by atoms with Crippen molar-refractivity contribution in [3.63, 3.8) is 0 Å². The van der Waals surface area contributed by atoms with Crippen molar-refractivity contribution in [3.05, 3.63) is 48.0 Å². The van der Waals surface area contributed by atoms with Crippen LogP contribution in [0.15, 0.2) is 36.8 Å². The first kappa shape index (κ1) is 11.7. The van der Waals surface area contributed by atoms with Crippen LogP contribution in [0.2, 0.25) is 0 Å². The zero-order chi connectivity index (χ0) is 12.1. The fourth-order valence-corrected chi connectivity index (χ4v) is 1.69. The molecule has 4 heteroatoms. The molecule has 1 aromatic carbocycles. The van der Waals surface area contributed by atoms with Gasteiger partial charge in [0.25, 0.3) is 0 Å². The van der Waals surface area contributed by atoms with Gasteiger partial charge in [0, 0.05) is 12.7 Å². The minimum absolute atomic E-state index is 0.504. The molecule has 0 bridgehead atoms. The van der Waals surface area contributed by atoms with E-state index in [0.29, 0.717) is 13.2 Å². The highest BCUT2D eigenvalue weighted by molar-refractivity contribution is 5.27. The third-order valence-electron chi connectivity index (χ3n) is 2.60. The molecule has 1 aromatic heterocycles. The van der Waals surface area contributed by atoms with Crippen molar-refractivity contribution in [3.8, 4) is 5.75 Å². The topological polar surface area (TPSA) is 53.1 Å². The monoisotopic (exact) mass is 231 g/mol. The molecule has 0 saturated carbocycles. The van der Waals surface area contributed by atoms with Crippen LogP contribution in [0.4, 0.5) is 0 Å². The van der Waals surface area contributed by atoms with Crippen LogP contribution in [-0.4, -0.2) is 16.2 Å². The largest absolute Gasteiger partial charge is 0.492 e. The number of nitrogens with two attached hydrogens (primary N) is 1. The first-order valence-corrected chi connectivity index (χ1v) is 5.68. The fraction of sp³-hybridized carbons (Fsp3) is 0.308. The van der Waals surface area contributed by atoms with Crippen LogP contribution in [0.1, 0.15) is 11.3 Å². The molecule has 4 nitrogen and oxygen atoms in total. The number of hydrogen-bond donors (Lipinski definition) is 1. The van der Waals surface area contributed by atoms with Crippen molar-refractivity contribution in [1.82, 2.24) is 9.55 Å². The van der Waals surface area contributed by atoms with Gasteiger partial charge in [-0.05, 0) is 24.6 Å². The molecule has 0 atom stereocenters. The molecular weight excluding hydrogens is 214 g/mol. The first-order chi connectivity index (χ1) is 8.29. The molecule has 0 aliphatic rings. The molecule has 2 rings (SSSR count). The molecule has 0 aliphatic carbocycles. The molecule has 0 fully saturated rings. The molecule has 2 N–H and O–H groups in total. The standard InChI is InChI=1S/C13H17N3O/c1-11-3-2-4-13(7-11)17-6-5-16-10-15-9-12(16)8-14/h2-4,7,9-10H,5-6,8,14H2,1H3. The normalized spacial score (nSPS) is 10.5. The summed E-state index contributed by atoms with van der Waals surface area (Å²) in [4.78, 5) is 4.06. The fourth-order valence-electron chi connectivity index (χ4n) is 1.69. The van der Waals surface area contributed by atoms with Gasteiger partial charge in [-0.2, -0.15) is 0 Å². The second kappa shape index (κ2) is 5.50. The van der Waals surface area contributed by atoms with E-state index < -0.39 is 0 Å². The second-order valence-corrected chi connectivity index (χ2v) is 3.95. The van der Waals surface area contributed by atoms with Crippen LogP contribution in [0.25, 0.3) is 0 Å². The predicted octanol–water partition coefficient (Wildman–Crippen LogP) is 1.73. The van der Waals surface area contributed by atoms with E-state index in [1.165, 1.54) is 5.56 Å². The van der Waals surface area contributed by atoms with Crippen molar-refractivity contribution in [2.24, 2.45) is 5.73 Å². The van der Waals surface area contributed by atoms with E-state index in [2.05, 4.69) is 18.0 Å². The van der Waals surface area contributed by atoms with Crippen LogP contribution < -0.4 is 10.5 Å². The lowest BCUT2D eigenvalue weighted by Gasteiger charge is -2.09. The Hall–Kier alpha value is -1.81. The summed E-state index contributed by atoms with van der Waals surface area (Å²) in [7, 11) is 0. The smallest absolute Gasteiger partial charge is 0.119 e. The van der Waals surface area contributed by atoms with Crippen molar-refractivity contribution in [2.75, 3.05) is 6.61 Å². The minimum Gasteiger partial charge on any atom is -0.492 e. The molecule has 0 saturated heterocycles. The van der Waals surface area contributed by atoms with Crippen molar-refractivity contribution >= 4 is 0 Å². The number of imidazole rings is 1. The Kier molecular flexibility index (Phi) is 3.77. The second-order valence-electron chi connectivity index (χ2n) is 3.95. The third kappa shape index (κ3) is 3.07. The number of aromatic nitrogens is 2. The summed E-state index contributed by atoms with van der Waals surface area (Å²) in [6.45, 7) is 3.94. The van der Waals surface area contributed by atoms with E-state index in [1.54, 1.807) is 12.5 Å². The highest BCUT2D eigenvalue weighted by atomic mass is 16.5. The third-order valence-corrected chi connectivity index (χ3v) is 2.60. The molecule has 0 radical (unpaired) electrons. The SMILES string of the molecule is Cc1cccc(OCCn2cncc2CN)c1. The summed E-state index contributed by atoms with van der Waals surface area (Å²) in [6, 6.07) is 8.03. The summed E-state index contributed by atoms with van der Waals surface area (Å²) in [5.41, 5.74) is 7.82. The van der Waals surface area contributed by atoms with Gasteiger partial charge in [0.15, 0.2) is 0 Å². The van der Waals surface area contributed by atoms with E-state index in [-0.39, 0.29) is 0 Å². The Morgan fingerprint density at radius 3 is 3.06 bits per heavy atom. The molecule has 90 valence electrons. The average molecular weight is 231 g/mol. The maximum atomic E-state index is 5.67. The molecule has 17 heavy (non-hydrogen) atoms. The van der Waals surface area contributed by atoms with E-state index in [9.17, 15) is 0 Å². The van der Waals surface area contributed by atoms with Crippen molar-refractivity contribution in [2.45, 2.75) is 20.0 Å². The molecular formula is C13H17N3O. The van der Waals surface area contributed by atoms with Gasteiger partial charge in [0.2, 0.25) is 0 Å². The molecule has 2 aromatic rings. The van der Waals surface area contributed by atoms with Gasteiger partial charge in [-0.25, -0.2) is 4.98 Å². The average Bonchev–Trinajstić information content (AvgIpc) is 2.77. The lowest BCUT2D eigenvalue weighted by Crippen LogP contribution is -2.12. The minimum atomic E-state index is 0.504. The molecule has 0 unspecified atom stereocenters. The van der Waals surface area contributed by atoms with Crippen LogP contribution in [0.5, 0.6) is 5.75 Å². The maximum absolute atomic E-state index is 5.67. The summed E-state index contributed by atoms with van der Waals surface area (Å²) in [5.74, 6) is 0.902. The molecule has 0 amide bonds. The lowest BCUT2D eigenvalue weighted by molar-refractivity contribution is 0.296. The Balaban J connectivity index is 1.87. The Morgan fingerprint density at radius 2 is 2.29 bits per heavy atom. The van der Waals surface area contributed by atoms with Gasteiger partial charge in [-0.15, -0.1) is 0 Å². The summed E-state index contributed by atoms with van der Waals surface area (Å²) in [5, 5.41) is 0. The highest BCUT2D eigenvalue weighted by Gasteiger charge is 2.00. The number of ether oxygens (including phenoxy) is 1. The van der Waals surface area contributed by atoms with Gasteiger partial charge in [0.05, 0.1) is 18.6 Å². The highest BCUT2D eigenvalue weighted by Crippen LogP contribution is 2.12. The zero-order valence-corrected chi connectivity index (χ0v) is 9.97. The first-order valence-electron chi connectivity index (χ1n) is 5.68.